The molecule has 2 aromatic carbocycles. The van der Waals surface area contributed by atoms with Crippen LogP contribution in [-0.4, -0.2) is 40.3 Å². The number of aliphatic hydroxyl groups is 2. The highest BCUT2D eigenvalue weighted by molar-refractivity contribution is 5.38. The summed E-state index contributed by atoms with van der Waals surface area (Å²) in [6.07, 6.45) is 0.830. The number of hydrogen-bond acceptors (Lipinski definition) is 4. The van der Waals surface area contributed by atoms with Crippen LogP contribution in [0.5, 0.6) is 5.75 Å². The maximum Gasteiger partial charge on any atom is 0.126 e. The van der Waals surface area contributed by atoms with E-state index in [-0.39, 0.29) is 5.82 Å². The van der Waals surface area contributed by atoms with Crippen LogP contribution in [-0.2, 0) is 0 Å². The monoisotopic (exact) mass is 371 g/mol. The number of ether oxygens (including phenoxy) is 1. The molecule has 2 aliphatic heterocycles. The minimum absolute atomic E-state index is 0.354. The van der Waals surface area contributed by atoms with Gasteiger partial charge in [0.15, 0.2) is 0 Å². The maximum atomic E-state index is 13.4. The third kappa shape index (κ3) is 3.86. The lowest BCUT2D eigenvalue weighted by Gasteiger charge is -2.46. The molecule has 1 saturated heterocycles. The predicted molar refractivity (Wildman–Crippen MR) is 101 cm³/mol. The van der Waals surface area contributed by atoms with Crippen molar-refractivity contribution in [2.45, 2.75) is 44.0 Å². The predicted octanol–water partition coefficient (Wildman–Crippen LogP) is 3.52. The molecule has 2 aromatic rings. The SMILES string of the molecule is Cc1ccc(C(O)CN2CCC3(CC2)CC(O)c2cc(F)ccc2O3)cc1. The highest BCUT2D eigenvalue weighted by atomic mass is 19.1. The summed E-state index contributed by atoms with van der Waals surface area (Å²) in [6, 6.07) is 12.3. The number of rotatable bonds is 3. The Hall–Kier alpha value is -1.95. The van der Waals surface area contributed by atoms with E-state index in [4.69, 9.17) is 4.74 Å². The standard InChI is InChI=1S/C22H26FNO3/c1-15-2-4-16(5-3-15)20(26)14-24-10-8-22(9-11-24)13-19(25)18-12-17(23)6-7-21(18)27-22/h2-7,12,19-20,25-26H,8-11,13-14H2,1H3. The Morgan fingerprint density at radius 2 is 1.89 bits per heavy atom. The quantitative estimate of drug-likeness (QED) is 0.867. The maximum absolute atomic E-state index is 13.4. The van der Waals surface area contributed by atoms with Crippen molar-refractivity contribution in [3.05, 3.63) is 65.0 Å². The fourth-order valence-electron chi connectivity index (χ4n) is 4.20. The summed E-state index contributed by atoms with van der Waals surface area (Å²) in [4.78, 5) is 2.24. The highest BCUT2D eigenvalue weighted by Gasteiger charge is 2.43. The van der Waals surface area contributed by atoms with E-state index in [1.165, 1.54) is 17.7 Å². The number of fused-ring (bicyclic) bond motifs is 1. The van der Waals surface area contributed by atoms with E-state index in [9.17, 15) is 14.6 Å². The molecule has 0 amide bonds. The molecule has 4 nitrogen and oxygen atoms in total. The summed E-state index contributed by atoms with van der Waals surface area (Å²) in [5.41, 5.74) is 2.24. The van der Waals surface area contributed by atoms with Crippen molar-refractivity contribution in [3.8, 4) is 5.75 Å². The molecule has 0 bridgehead atoms. The first-order chi connectivity index (χ1) is 12.9. The molecular formula is C22H26FNO3. The van der Waals surface area contributed by atoms with Gasteiger partial charge in [-0.05, 0) is 43.5 Å². The van der Waals surface area contributed by atoms with Crippen LogP contribution in [0.3, 0.4) is 0 Å². The minimum atomic E-state index is -0.700. The number of halogens is 1. The number of aliphatic hydroxyl groups excluding tert-OH is 2. The average molecular weight is 371 g/mol. The van der Waals surface area contributed by atoms with Gasteiger partial charge in [-0.3, -0.25) is 0 Å². The Labute approximate surface area is 159 Å². The Morgan fingerprint density at radius 3 is 2.59 bits per heavy atom. The fraction of sp³-hybridized carbons (Fsp3) is 0.455. The molecule has 1 spiro atoms. The van der Waals surface area contributed by atoms with E-state index in [2.05, 4.69) is 4.90 Å². The van der Waals surface area contributed by atoms with Gasteiger partial charge in [0.2, 0.25) is 0 Å². The van der Waals surface area contributed by atoms with E-state index in [1.54, 1.807) is 6.07 Å². The topological polar surface area (TPSA) is 52.9 Å². The number of benzene rings is 2. The van der Waals surface area contributed by atoms with Gasteiger partial charge in [0.1, 0.15) is 17.2 Å². The van der Waals surface area contributed by atoms with Crippen LogP contribution in [0.1, 0.15) is 48.2 Å². The van der Waals surface area contributed by atoms with E-state index in [0.717, 1.165) is 31.5 Å². The normalized spacial score (nSPS) is 22.9. The van der Waals surface area contributed by atoms with E-state index in [0.29, 0.717) is 24.3 Å². The minimum Gasteiger partial charge on any atom is -0.487 e. The Morgan fingerprint density at radius 1 is 1.19 bits per heavy atom. The molecule has 1 fully saturated rings. The van der Waals surface area contributed by atoms with Crippen LogP contribution >= 0.6 is 0 Å². The van der Waals surface area contributed by atoms with Gasteiger partial charge in [-0.15, -0.1) is 0 Å². The number of hydrogen-bond donors (Lipinski definition) is 2. The molecule has 0 radical (unpaired) electrons. The van der Waals surface area contributed by atoms with Crippen LogP contribution < -0.4 is 4.74 Å². The van der Waals surface area contributed by atoms with Crippen LogP contribution in [0, 0.1) is 12.7 Å². The first-order valence-electron chi connectivity index (χ1n) is 9.58. The van der Waals surface area contributed by atoms with Gasteiger partial charge < -0.3 is 19.8 Å². The number of nitrogens with zero attached hydrogens (tertiary/aromatic N) is 1. The second kappa shape index (κ2) is 7.23. The van der Waals surface area contributed by atoms with Crippen LogP contribution in [0.25, 0.3) is 0 Å². The molecule has 2 unspecified atom stereocenters. The summed E-state index contributed by atoms with van der Waals surface area (Å²) >= 11 is 0. The van der Waals surface area contributed by atoms with Crippen molar-refractivity contribution < 1.29 is 19.3 Å². The summed E-state index contributed by atoms with van der Waals surface area (Å²) in [6.45, 7) is 4.22. The lowest BCUT2D eigenvalue weighted by Crippen LogP contribution is -2.51. The average Bonchev–Trinajstić information content (AvgIpc) is 2.65. The number of aryl methyl sites for hydroxylation is 1. The molecule has 5 heteroatoms. The fourth-order valence-corrected chi connectivity index (χ4v) is 4.20. The molecule has 2 atom stereocenters. The molecule has 2 heterocycles. The van der Waals surface area contributed by atoms with Crippen molar-refractivity contribution in [3.63, 3.8) is 0 Å². The van der Waals surface area contributed by atoms with Gasteiger partial charge in [0.05, 0.1) is 12.2 Å². The summed E-state index contributed by atoms with van der Waals surface area (Å²) in [5.74, 6) is 0.232. The molecule has 0 aliphatic carbocycles. The number of likely N-dealkylation sites (tertiary alicyclic amines) is 1. The van der Waals surface area contributed by atoms with Crippen LogP contribution in [0.4, 0.5) is 4.39 Å². The zero-order valence-corrected chi connectivity index (χ0v) is 15.6. The molecule has 27 heavy (non-hydrogen) atoms. The van der Waals surface area contributed by atoms with Crippen LogP contribution in [0.2, 0.25) is 0 Å². The Balaban J connectivity index is 1.39. The Kier molecular flexibility index (Phi) is 4.93. The van der Waals surface area contributed by atoms with Gasteiger partial charge >= 0.3 is 0 Å². The molecule has 2 N–H and O–H groups in total. The molecule has 144 valence electrons. The molecule has 0 aromatic heterocycles. The smallest absolute Gasteiger partial charge is 0.126 e. The number of β-amino-alcohol motifs (C(OH)–C–C–N with tert-alkyl or cyclic N) is 1. The van der Waals surface area contributed by atoms with Crippen LogP contribution in [0.15, 0.2) is 42.5 Å². The zero-order valence-electron chi connectivity index (χ0n) is 15.6. The summed E-state index contributed by atoms with van der Waals surface area (Å²) in [5, 5.41) is 21.0. The van der Waals surface area contributed by atoms with Gasteiger partial charge in [-0.25, -0.2) is 4.39 Å². The molecule has 0 saturated carbocycles. The Bertz CT molecular complexity index is 800. The molecular weight excluding hydrogens is 345 g/mol. The van der Waals surface area contributed by atoms with Crippen molar-refractivity contribution in [1.29, 1.82) is 0 Å². The zero-order chi connectivity index (χ0) is 19.0. The first kappa shape index (κ1) is 18.4. The van der Waals surface area contributed by atoms with Crippen molar-refractivity contribution in [1.82, 2.24) is 4.90 Å². The third-order valence-corrected chi connectivity index (χ3v) is 5.88. The van der Waals surface area contributed by atoms with Gasteiger partial charge in [-0.1, -0.05) is 29.8 Å². The van der Waals surface area contributed by atoms with Crippen molar-refractivity contribution in [2.24, 2.45) is 0 Å². The largest absolute Gasteiger partial charge is 0.487 e. The summed E-state index contributed by atoms with van der Waals surface area (Å²) < 4.78 is 19.7. The van der Waals surface area contributed by atoms with Gasteiger partial charge in [0.25, 0.3) is 0 Å². The van der Waals surface area contributed by atoms with Crippen molar-refractivity contribution >= 4 is 0 Å². The summed E-state index contributed by atoms with van der Waals surface area (Å²) in [7, 11) is 0. The lowest BCUT2D eigenvalue weighted by atomic mass is 9.81. The second-order valence-electron chi connectivity index (χ2n) is 7.91. The first-order valence-corrected chi connectivity index (χ1v) is 9.58. The van der Waals surface area contributed by atoms with E-state index in [1.807, 2.05) is 31.2 Å². The van der Waals surface area contributed by atoms with Crippen molar-refractivity contribution in [2.75, 3.05) is 19.6 Å². The number of piperidine rings is 1. The second-order valence-corrected chi connectivity index (χ2v) is 7.91. The van der Waals surface area contributed by atoms with Gasteiger partial charge in [0, 0.05) is 31.6 Å². The molecule has 2 aliphatic rings. The third-order valence-electron chi connectivity index (χ3n) is 5.88. The highest BCUT2D eigenvalue weighted by Crippen LogP contribution is 2.44. The van der Waals surface area contributed by atoms with Gasteiger partial charge in [-0.2, -0.15) is 0 Å². The lowest BCUT2D eigenvalue weighted by molar-refractivity contribution is -0.0589. The van der Waals surface area contributed by atoms with E-state index >= 15 is 0 Å². The molecule has 4 rings (SSSR count). The van der Waals surface area contributed by atoms with E-state index < -0.39 is 17.8 Å².